The van der Waals surface area contributed by atoms with Gasteiger partial charge in [0.1, 0.15) is 25.7 Å². The summed E-state index contributed by atoms with van der Waals surface area (Å²) in [5, 5.41) is 12.0. The van der Waals surface area contributed by atoms with Gasteiger partial charge in [-0.25, -0.2) is 4.79 Å². The van der Waals surface area contributed by atoms with Crippen LogP contribution in [0.25, 0.3) is 0 Å². The van der Waals surface area contributed by atoms with Crippen LogP contribution in [0.15, 0.2) is 0 Å². The number of nitrogens with one attached hydrogen (secondary N) is 1. The second-order valence-electron chi connectivity index (χ2n) is 3.82. The minimum Gasteiger partial charge on any atom is -0.447 e. The molecule has 0 saturated carbocycles. The average molecular weight is 246 g/mol. The van der Waals surface area contributed by atoms with E-state index >= 15 is 0 Å². The molecule has 0 saturated heterocycles. The molecule has 0 rings (SSSR count). The van der Waals surface area contributed by atoms with Crippen LogP contribution in [-0.2, 0) is 9.47 Å². The Balaban J connectivity index is 3.35. The number of aliphatic hydroxyl groups excluding tert-OH is 1. The smallest absolute Gasteiger partial charge is 0.407 e. The third-order valence-electron chi connectivity index (χ3n) is 2.02. The fourth-order valence-corrected chi connectivity index (χ4v) is 1.02. The first-order valence-electron chi connectivity index (χ1n) is 6.22. The Bertz CT molecular complexity index is 187. The van der Waals surface area contributed by atoms with Crippen molar-refractivity contribution in [3.05, 3.63) is 6.61 Å². The molecule has 0 heterocycles. The molecule has 2 N–H and O–H groups in total. The van der Waals surface area contributed by atoms with Crippen LogP contribution in [-0.4, -0.2) is 37.1 Å². The van der Waals surface area contributed by atoms with Gasteiger partial charge in [0.05, 0.1) is 0 Å². The zero-order valence-corrected chi connectivity index (χ0v) is 10.8. The van der Waals surface area contributed by atoms with E-state index in [9.17, 15) is 9.90 Å². The van der Waals surface area contributed by atoms with Gasteiger partial charge < -0.3 is 15.2 Å². The van der Waals surface area contributed by atoms with Gasteiger partial charge in [0.15, 0.2) is 0 Å². The zero-order chi connectivity index (χ0) is 12.9. The third kappa shape index (κ3) is 11.3. The standard InChI is InChI=1S/C12H23NO4/c1-3-5-7-13-12(15)17-10-11(14)9-16-8-6-4-2/h8,11,14H,3-7,9-10H2,1-2H3/p+1. The topological polar surface area (TPSA) is 67.8 Å². The van der Waals surface area contributed by atoms with Crippen molar-refractivity contribution in [3.63, 3.8) is 0 Å². The van der Waals surface area contributed by atoms with Crippen LogP contribution < -0.4 is 5.32 Å². The molecule has 5 nitrogen and oxygen atoms in total. The van der Waals surface area contributed by atoms with Gasteiger partial charge in [0.25, 0.3) is 0 Å². The Morgan fingerprint density at radius 2 is 2.12 bits per heavy atom. The number of carbonyl (C=O) groups excluding carboxylic acids is 1. The predicted molar refractivity (Wildman–Crippen MR) is 65.4 cm³/mol. The predicted octanol–water partition coefficient (Wildman–Crippen LogP) is 1.85. The van der Waals surface area contributed by atoms with Gasteiger partial charge in [-0.2, -0.15) is 4.74 Å². The Labute approximate surface area is 103 Å². The highest BCUT2D eigenvalue weighted by Crippen LogP contribution is 1.96. The quantitative estimate of drug-likeness (QED) is 0.456. The third-order valence-corrected chi connectivity index (χ3v) is 2.02. The van der Waals surface area contributed by atoms with Crippen LogP contribution in [0, 0.1) is 6.61 Å². The van der Waals surface area contributed by atoms with Crippen LogP contribution in [0.4, 0.5) is 4.79 Å². The van der Waals surface area contributed by atoms with E-state index < -0.39 is 12.2 Å². The van der Waals surface area contributed by atoms with Gasteiger partial charge in [-0.1, -0.05) is 20.3 Å². The lowest BCUT2D eigenvalue weighted by molar-refractivity contribution is 0.0162. The van der Waals surface area contributed by atoms with E-state index in [1.54, 1.807) is 6.61 Å². The number of hydrogen-bond donors (Lipinski definition) is 2. The number of rotatable bonds is 10. The minimum absolute atomic E-state index is 0.0437. The van der Waals surface area contributed by atoms with Gasteiger partial charge in [-0.3, -0.25) is 0 Å². The van der Waals surface area contributed by atoms with E-state index in [1.807, 2.05) is 13.8 Å². The van der Waals surface area contributed by atoms with E-state index in [2.05, 4.69) is 5.32 Å². The normalized spacial score (nSPS) is 11.9. The van der Waals surface area contributed by atoms with Crippen LogP contribution in [0.2, 0.25) is 0 Å². The van der Waals surface area contributed by atoms with Crippen molar-refractivity contribution in [3.8, 4) is 0 Å². The summed E-state index contributed by atoms with van der Waals surface area (Å²) in [4.78, 5) is 11.1. The first-order chi connectivity index (χ1) is 8.20. The molecule has 0 aliphatic heterocycles. The number of hydrogen-bond acceptors (Lipinski definition) is 4. The maximum Gasteiger partial charge on any atom is 0.407 e. The van der Waals surface area contributed by atoms with Crippen LogP contribution in [0.3, 0.4) is 0 Å². The number of alkyl carbamates (subject to hydrolysis) is 1. The van der Waals surface area contributed by atoms with Crippen LogP contribution in [0.5, 0.6) is 0 Å². The Morgan fingerprint density at radius 3 is 2.76 bits per heavy atom. The van der Waals surface area contributed by atoms with Gasteiger partial charge in [-0.05, 0) is 12.8 Å². The monoisotopic (exact) mass is 246 g/mol. The van der Waals surface area contributed by atoms with Crippen molar-refractivity contribution in [1.29, 1.82) is 0 Å². The second-order valence-corrected chi connectivity index (χ2v) is 3.82. The van der Waals surface area contributed by atoms with E-state index in [0.717, 1.165) is 25.7 Å². The van der Waals surface area contributed by atoms with Gasteiger partial charge in [0.2, 0.25) is 6.61 Å². The zero-order valence-electron chi connectivity index (χ0n) is 10.8. The summed E-state index contributed by atoms with van der Waals surface area (Å²) in [6.07, 6.45) is 2.53. The lowest BCUT2D eigenvalue weighted by Gasteiger charge is -2.09. The average Bonchev–Trinajstić information content (AvgIpc) is 2.32. The molecular weight excluding hydrogens is 222 g/mol. The minimum atomic E-state index is -0.778. The van der Waals surface area contributed by atoms with Gasteiger partial charge in [0, 0.05) is 6.54 Å². The number of carbonyl (C=O) groups is 1. The number of ether oxygens (including phenoxy) is 2. The lowest BCUT2D eigenvalue weighted by atomic mass is 10.3. The van der Waals surface area contributed by atoms with Crippen molar-refractivity contribution in [2.45, 2.75) is 45.6 Å². The highest BCUT2D eigenvalue weighted by Gasteiger charge is 2.11. The largest absolute Gasteiger partial charge is 0.447 e. The van der Waals surface area contributed by atoms with E-state index in [1.165, 1.54) is 0 Å². The fourth-order valence-electron chi connectivity index (χ4n) is 1.02. The lowest BCUT2D eigenvalue weighted by Crippen LogP contribution is -2.30. The molecule has 0 radical (unpaired) electrons. The van der Waals surface area contributed by atoms with E-state index in [4.69, 9.17) is 9.47 Å². The summed E-state index contributed by atoms with van der Waals surface area (Å²) in [5.41, 5.74) is 0. The maximum atomic E-state index is 11.1. The summed E-state index contributed by atoms with van der Waals surface area (Å²) >= 11 is 0. The molecule has 0 aromatic heterocycles. The van der Waals surface area contributed by atoms with Crippen molar-refractivity contribution in [2.24, 2.45) is 0 Å². The first kappa shape index (κ1) is 16.1. The molecule has 17 heavy (non-hydrogen) atoms. The van der Waals surface area contributed by atoms with Crippen molar-refractivity contribution < 1.29 is 19.4 Å². The van der Waals surface area contributed by atoms with E-state index in [-0.39, 0.29) is 13.2 Å². The second kappa shape index (κ2) is 11.5. The Morgan fingerprint density at radius 1 is 1.35 bits per heavy atom. The van der Waals surface area contributed by atoms with Gasteiger partial charge >= 0.3 is 6.09 Å². The molecule has 0 spiro atoms. The molecule has 0 aromatic rings. The molecule has 100 valence electrons. The highest BCUT2D eigenvalue weighted by molar-refractivity contribution is 5.67. The fraction of sp³-hybridized carbons (Fsp3) is 0.833. The van der Waals surface area contributed by atoms with Crippen molar-refractivity contribution in [1.82, 2.24) is 5.32 Å². The Kier molecular flexibility index (Phi) is 10.9. The molecule has 1 atom stereocenters. The number of amides is 1. The Hall–Kier alpha value is -0.940. The molecule has 0 aliphatic carbocycles. The summed E-state index contributed by atoms with van der Waals surface area (Å²) in [7, 11) is 0. The molecule has 1 unspecified atom stereocenters. The van der Waals surface area contributed by atoms with Gasteiger partial charge in [-0.15, -0.1) is 0 Å². The highest BCUT2D eigenvalue weighted by atomic mass is 16.6. The summed E-state index contributed by atoms with van der Waals surface area (Å²) in [6.45, 7) is 6.46. The SMILES string of the molecule is CCC[CH+]OCC(O)COC(=O)NCCCC. The summed E-state index contributed by atoms with van der Waals surface area (Å²) in [6, 6.07) is 0. The first-order valence-corrected chi connectivity index (χ1v) is 6.22. The van der Waals surface area contributed by atoms with Crippen molar-refractivity contribution in [2.75, 3.05) is 19.8 Å². The number of aliphatic hydroxyl groups is 1. The summed E-state index contributed by atoms with van der Waals surface area (Å²) in [5.74, 6) is 0. The molecule has 1 amide bonds. The molecule has 0 aromatic carbocycles. The number of unbranched alkanes of at least 4 members (excludes halogenated alkanes) is 2. The van der Waals surface area contributed by atoms with Crippen LogP contribution >= 0.6 is 0 Å². The summed E-state index contributed by atoms with van der Waals surface area (Å²) < 4.78 is 9.89. The molecular formula is C12H24NO4+. The van der Waals surface area contributed by atoms with Crippen molar-refractivity contribution >= 4 is 6.09 Å². The molecule has 5 heteroatoms. The molecule has 0 aliphatic rings. The van der Waals surface area contributed by atoms with Crippen LogP contribution in [0.1, 0.15) is 39.5 Å². The molecule has 0 fully saturated rings. The van der Waals surface area contributed by atoms with E-state index in [0.29, 0.717) is 6.54 Å². The molecule has 0 bridgehead atoms. The maximum absolute atomic E-state index is 11.1.